The third-order valence-electron chi connectivity index (χ3n) is 3.55. The molecule has 0 aliphatic carbocycles. The summed E-state index contributed by atoms with van der Waals surface area (Å²) < 4.78 is 29.5. The molecule has 0 spiro atoms. The van der Waals surface area contributed by atoms with Crippen molar-refractivity contribution >= 4 is 27.8 Å². The molecule has 134 valence electrons. The van der Waals surface area contributed by atoms with Gasteiger partial charge in [0.25, 0.3) is 10.0 Å². The lowest BCUT2D eigenvalue weighted by Crippen LogP contribution is -2.18. The van der Waals surface area contributed by atoms with Gasteiger partial charge in [-0.25, -0.2) is 4.83 Å². The highest BCUT2D eigenvalue weighted by Crippen LogP contribution is 2.22. The Bertz CT molecular complexity index is 1010. The van der Waals surface area contributed by atoms with Gasteiger partial charge in [-0.05, 0) is 36.4 Å². The zero-order valence-electron chi connectivity index (χ0n) is 13.7. The molecule has 0 aliphatic heterocycles. The first kappa shape index (κ1) is 18.0. The Hall–Kier alpha value is -2.84. The summed E-state index contributed by atoms with van der Waals surface area (Å²) in [5.74, 6) is 0.568. The molecule has 1 aromatic heterocycles. The number of halogens is 1. The highest BCUT2D eigenvalue weighted by Gasteiger charge is 2.13. The van der Waals surface area contributed by atoms with Gasteiger partial charge in [-0.1, -0.05) is 23.7 Å². The quantitative estimate of drug-likeness (QED) is 0.499. The lowest BCUT2D eigenvalue weighted by Gasteiger charge is -2.04. The predicted octanol–water partition coefficient (Wildman–Crippen LogP) is 3.05. The number of benzene rings is 2. The van der Waals surface area contributed by atoms with Gasteiger partial charge in [-0.3, -0.25) is 5.10 Å². The van der Waals surface area contributed by atoms with E-state index in [4.69, 9.17) is 16.3 Å². The number of aromatic amines is 1. The number of methoxy groups -OCH3 is 1. The number of aromatic nitrogens is 2. The van der Waals surface area contributed by atoms with Gasteiger partial charge in [0.05, 0.1) is 30.1 Å². The van der Waals surface area contributed by atoms with Crippen LogP contribution in [0.4, 0.5) is 0 Å². The van der Waals surface area contributed by atoms with Crippen LogP contribution in [0.5, 0.6) is 5.75 Å². The lowest BCUT2D eigenvalue weighted by atomic mass is 10.1. The number of hydrogen-bond acceptors (Lipinski definition) is 5. The first-order valence-electron chi connectivity index (χ1n) is 7.48. The van der Waals surface area contributed by atoms with Gasteiger partial charge in [0.1, 0.15) is 5.75 Å². The summed E-state index contributed by atoms with van der Waals surface area (Å²) in [5, 5.41) is 11.3. The van der Waals surface area contributed by atoms with Crippen molar-refractivity contribution in [2.75, 3.05) is 7.11 Å². The van der Waals surface area contributed by atoms with Gasteiger partial charge in [0, 0.05) is 16.1 Å². The topological polar surface area (TPSA) is 96.4 Å². The van der Waals surface area contributed by atoms with Crippen molar-refractivity contribution in [3.63, 3.8) is 0 Å². The van der Waals surface area contributed by atoms with Crippen molar-refractivity contribution in [3.05, 3.63) is 65.3 Å². The molecule has 0 unspecified atom stereocenters. The van der Waals surface area contributed by atoms with Gasteiger partial charge >= 0.3 is 0 Å². The van der Waals surface area contributed by atoms with E-state index in [1.807, 2.05) is 12.1 Å². The second-order valence-corrected chi connectivity index (χ2v) is 7.33. The van der Waals surface area contributed by atoms with Crippen molar-refractivity contribution in [2.24, 2.45) is 5.10 Å². The van der Waals surface area contributed by atoms with E-state index in [-0.39, 0.29) is 4.90 Å². The van der Waals surface area contributed by atoms with Crippen molar-refractivity contribution in [3.8, 4) is 17.0 Å². The molecule has 2 aromatic carbocycles. The van der Waals surface area contributed by atoms with Gasteiger partial charge in [-0.2, -0.15) is 18.6 Å². The van der Waals surface area contributed by atoms with E-state index in [1.54, 1.807) is 30.5 Å². The van der Waals surface area contributed by atoms with Crippen molar-refractivity contribution in [1.29, 1.82) is 0 Å². The number of ether oxygens (including phenoxy) is 1. The molecule has 7 nitrogen and oxygen atoms in total. The summed E-state index contributed by atoms with van der Waals surface area (Å²) >= 11 is 5.89. The SMILES string of the molecule is COc1ccc(S(=O)(=O)N/N=C/c2cn[nH]c2-c2ccc(Cl)cc2)cc1. The summed E-state index contributed by atoms with van der Waals surface area (Å²) in [5.41, 5.74) is 2.19. The highest BCUT2D eigenvalue weighted by atomic mass is 35.5. The van der Waals surface area contributed by atoms with Crippen LogP contribution < -0.4 is 9.57 Å². The normalized spacial score (nSPS) is 11.6. The molecular weight excluding hydrogens is 376 g/mol. The van der Waals surface area contributed by atoms with Crippen molar-refractivity contribution in [2.45, 2.75) is 4.90 Å². The van der Waals surface area contributed by atoms with Gasteiger partial charge in [0.2, 0.25) is 0 Å². The van der Waals surface area contributed by atoms with E-state index in [0.717, 1.165) is 5.56 Å². The number of nitrogens with one attached hydrogen (secondary N) is 2. The fraction of sp³-hybridized carbons (Fsp3) is 0.0588. The summed E-state index contributed by atoms with van der Waals surface area (Å²) in [6, 6.07) is 13.2. The minimum absolute atomic E-state index is 0.0839. The Morgan fingerprint density at radius 1 is 1.15 bits per heavy atom. The third kappa shape index (κ3) is 4.04. The molecule has 1 heterocycles. The average Bonchev–Trinajstić information content (AvgIpc) is 3.11. The summed E-state index contributed by atoms with van der Waals surface area (Å²) in [6.07, 6.45) is 2.93. The maximum absolute atomic E-state index is 12.2. The van der Waals surface area contributed by atoms with Crippen LogP contribution in [0.15, 0.2) is 64.7 Å². The summed E-state index contributed by atoms with van der Waals surface area (Å²) in [6.45, 7) is 0. The van der Waals surface area contributed by atoms with E-state index >= 15 is 0 Å². The maximum atomic E-state index is 12.2. The predicted molar refractivity (Wildman–Crippen MR) is 99.9 cm³/mol. The minimum atomic E-state index is -3.77. The van der Waals surface area contributed by atoms with E-state index in [1.165, 1.54) is 25.5 Å². The Labute approximate surface area is 155 Å². The van der Waals surface area contributed by atoms with Gasteiger partial charge < -0.3 is 4.74 Å². The van der Waals surface area contributed by atoms with Crippen molar-refractivity contribution < 1.29 is 13.2 Å². The molecule has 0 radical (unpaired) electrons. The Morgan fingerprint density at radius 3 is 2.50 bits per heavy atom. The van der Waals surface area contributed by atoms with Crippen LogP contribution in [0, 0.1) is 0 Å². The molecule has 26 heavy (non-hydrogen) atoms. The van der Waals surface area contributed by atoms with Gasteiger partial charge in [-0.15, -0.1) is 0 Å². The van der Waals surface area contributed by atoms with Crippen LogP contribution >= 0.6 is 11.6 Å². The van der Waals surface area contributed by atoms with Crippen LogP contribution in [-0.2, 0) is 10.0 Å². The maximum Gasteiger partial charge on any atom is 0.276 e. The average molecular weight is 391 g/mol. The molecule has 0 atom stereocenters. The van der Waals surface area contributed by atoms with E-state index in [0.29, 0.717) is 22.0 Å². The first-order valence-corrected chi connectivity index (χ1v) is 9.34. The molecule has 0 aliphatic rings. The van der Waals surface area contributed by atoms with Crippen molar-refractivity contribution in [1.82, 2.24) is 15.0 Å². The number of H-pyrrole nitrogens is 1. The molecule has 3 aromatic rings. The number of hydrazone groups is 1. The molecule has 0 saturated heterocycles. The Kier molecular flexibility index (Phi) is 5.24. The number of sulfonamides is 1. The summed E-state index contributed by atoms with van der Waals surface area (Å²) in [4.78, 5) is 2.26. The summed E-state index contributed by atoms with van der Waals surface area (Å²) in [7, 11) is -2.26. The second kappa shape index (κ2) is 7.59. The van der Waals surface area contributed by atoms with Crippen LogP contribution in [0.25, 0.3) is 11.3 Å². The zero-order valence-corrected chi connectivity index (χ0v) is 15.3. The molecule has 3 rings (SSSR count). The molecular formula is C17H15ClN4O3S. The molecule has 9 heteroatoms. The fourth-order valence-corrected chi connectivity index (χ4v) is 3.13. The smallest absolute Gasteiger partial charge is 0.276 e. The van der Waals surface area contributed by atoms with Crippen LogP contribution in [0.3, 0.4) is 0 Å². The fourth-order valence-electron chi connectivity index (χ4n) is 2.21. The Balaban J connectivity index is 1.76. The largest absolute Gasteiger partial charge is 0.497 e. The second-order valence-electron chi connectivity index (χ2n) is 5.24. The molecule has 0 bridgehead atoms. The zero-order chi connectivity index (χ0) is 18.6. The van der Waals surface area contributed by atoms with Crippen LogP contribution in [0.2, 0.25) is 5.02 Å². The molecule has 2 N–H and O–H groups in total. The monoisotopic (exact) mass is 390 g/mol. The molecule has 0 amide bonds. The van der Waals surface area contributed by atoms with E-state index in [9.17, 15) is 8.42 Å². The van der Waals surface area contributed by atoms with E-state index < -0.39 is 10.0 Å². The third-order valence-corrected chi connectivity index (χ3v) is 5.04. The van der Waals surface area contributed by atoms with E-state index in [2.05, 4.69) is 20.1 Å². The lowest BCUT2D eigenvalue weighted by molar-refractivity contribution is 0.414. The van der Waals surface area contributed by atoms with Crippen LogP contribution in [0.1, 0.15) is 5.56 Å². The number of hydrogen-bond donors (Lipinski definition) is 2. The standard InChI is InChI=1S/C17H15ClN4O3S/c1-25-15-6-8-16(9-7-15)26(23,24)22-20-11-13-10-19-21-17(13)12-2-4-14(18)5-3-12/h2-11,22H,1H3,(H,19,21)/b20-11+. The highest BCUT2D eigenvalue weighted by molar-refractivity contribution is 7.89. The number of nitrogens with zero attached hydrogens (tertiary/aromatic N) is 2. The molecule has 0 saturated carbocycles. The minimum Gasteiger partial charge on any atom is -0.497 e. The Morgan fingerprint density at radius 2 is 1.85 bits per heavy atom. The van der Waals surface area contributed by atoms with Gasteiger partial charge in [0.15, 0.2) is 0 Å². The number of rotatable bonds is 6. The van der Waals surface area contributed by atoms with Crippen LogP contribution in [-0.4, -0.2) is 31.9 Å². The first-order chi connectivity index (χ1) is 12.5. The molecule has 0 fully saturated rings.